The number of fused-ring (bicyclic) bond motifs is 4. The van der Waals surface area contributed by atoms with Crippen LogP contribution in [0.2, 0.25) is 0 Å². The highest BCUT2D eigenvalue weighted by Crippen LogP contribution is 2.52. The lowest BCUT2D eigenvalue weighted by molar-refractivity contribution is 0.660. The van der Waals surface area contributed by atoms with Gasteiger partial charge in [0.15, 0.2) is 0 Å². The third-order valence-corrected chi connectivity index (χ3v) is 12.9. The minimum atomic E-state index is -0.123. The molecule has 1 aliphatic carbocycles. The van der Waals surface area contributed by atoms with Crippen LogP contribution in [0.1, 0.15) is 25.0 Å². The Bertz CT molecular complexity index is 3170. The van der Waals surface area contributed by atoms with E-state index in [0.29, 0.717) is 0 Å². The number of anilines is 6. The molecule has 0 radical (unpaired) electrons. The molecule has 10 aromatic rings. The van der Waals surface area contributed by atoms with Gasteiger partial charge in [0.25, 0.3) is 0 Å². The summed E-state index contributed by atoms with van der Waals surface area (Å²) in [6.07, 6.45) is 0. The van der Waals surface area contributed by atoms with Gasteiger partial charge < -0.3 is 9.80 Å². The summed E-state index contributed by atoms with van der Waals surface area (Å²) < 4.78 is 0. The Labute approximate surface area is 370 Å². The second-order valence-corrected chi connectivity index (χ2v) is 17.0. The predicted octanol–water partition coefficient (Wildman–Crippen LogP) is 17.1. The third kappa shape index (κ3) is 6.87. The van der Waals surface area contributed by atoms with E-state index in [2.05, 4.69) is 266 Å². The molecule has 10 aromatic carbocycles. The molecule has 300 valence electrons. The Hall–Kier alpha value is -7.94. The minimum Gasteiger partial charge on any atom is -0.311 e. The summed E-state index contributed by atoms with van der Waals surface area (Å²) in [6, 6.07) is 88.2. The molecule has 0 heterocycles. The van der Waals surface area contributed by atoms with E-state index in [9.17, 15) is 0 Å². The Balaban J connectivity index is 0.953. The van der Waals surface area contributed by atoms with Gasteiger partial charge in [-0.3, -0.25) is 0 Å². The maximum Gasteiger partial charge on any atom is 0.0546 e. The van der Waals surface area contributed by atoms with Crippen molar-refractivity contribution in [3.63, 3.8) is 0 Å². The maximum absolute atomic E-state index is 2.46. The van der Waals surface area contributed by atoms with E-state index in [0.717, 1.165) is 34.1 Å². The van der Waals surface area contributed by atoms with E-state index in [1.165, 1.54) is 66.4 Å². The van der Waals surface area contributed by atoms with Crippen LogP contribution in [0.4, 0.5) is 34.1 Å². The molecule has 1 aliphatic rings. The van der Waals surface area contributed by atoms with Crippen LogP contribution >= 0.6 is 0 Å². The molecule has 0 N–H and O–H groups in total. The molecular formula is C61H46N2. The second-order valence-electron chi connectivity index (χ2n) is 17.0. The largest absolute Gasteiger partial charge is 0.311 e. The van der Waals surface area contributed by atoms with Gasteiger partial charge in [-0.2, -0.15) is 0 Å². The summed E-state index contributed by atoms with van der Waals surface area (Å²) in [5, 5.41) is 2.46. The van der Waals surface area contributed by atoms with Crippen molar-refractivity contribution in [2.45, 2.75) is 19.3 Å². The van der Waals surface area contributed by atoms with Gasteiger partial charge in [-0.1, -0.05) is 190 Å². The standard InChI is InChI=1S/C61H46N2/c1-61(2)57-25-15-14-24-55(57)56-40-39-53(42-58(56)61)63(59-41-34-47-16-12-13-23-54(47)60(59)48-17-6-3-7-18-48)52-37-32-46(33-38-52)44-28-26-43(27-29-44)45-30-35-51(36-31-45)62(49-19-8-4-9-20-49)50-21-10-5-11-22-50/h3-42H,1-2H3. The molecule has 0 fully saturated rings. The summed E-state index contributed by atoms with van der Waals surface area (Å²) >= 11 is 0. The average molecular weight is 807 g/mol. The van der Waals surface area contributed by atoms with Crippen LogP contribution in [0.25, 0.3) is 55.3 Å². The summed E-state index contributed by atoms with van der Waals surface area (Å²) in [5.41, 5.74) is 19.2. The Kier molecular flexibility index (Phi) is 9.55. The Morgan fingerprint density at radius 2 is 0.746 bits per heavy atom. The average Bonchev–Trinajstić information content (AvgIpc) is 3.58. The fourth-order valence-electron chi connectivity index (χ4n) is 9.68. The molecule has 0 aliphatic heterocycles. The number of hydrogen-bond donors (Lipinski definition) is 0. The van der Waals surface area contributed by atoms with Crippen LogP contribution in [0, 0.1) is 0 Å². The van der Waals surface area contributed by atoms with E-state index in [1.54, 1.807) is 0 Å². The smallest absolute Gasteiger partial charge is 0.0546 e. The zero-order chi connectivity index (χ0) is 42.3. The summed E-state index contributed by atoms with van der Waals surface area (Å²) in [7, 11) is 0. The molecule has 0 bridgehead atoms. The third-order valence-electron chi connectivity index (χ3n) is 12.9. The van der Waals surface area contributed by atoms with E-state index >= 15 is 0 Å². The first-order valence-electron chi connectivity index (χ1n) is 21.8. The molecule has 0 unspecified atom stereocenters. The first kappa shape index (κ1) is 38.0. The van der Waals surface area contributed by atoms with E-state index in [-0.39, 0.29) is 5.41 Å². The van der Waals surface area contributed by atoms with Crippen LogP contribution < -0.4 is 9.80 Å². The van der Waals surface area contributed by atoms with Gasteiger partial charge in [0.05, 0.1) is 5.69 Å². The molecular weight excluding hydrogens is 761 g/mol. The number of benzene rings is 10. The molecule has 0 atom stereocenters. The Morgan fingerprint density at radius 3 is 1.35 bits per heavy atom. The fourth-order valence-corrected chi connectivity index (χ4v) is 9.68. The zero-order valence-electron chi connectivity index (χ0n) is 35.5. The van der Waals surface area contributed by atoms with Crippen molar-refractivity contribution in [1.82, 2.24) is 0 Å². The van der Waals surface area contributed by atoms with Gasteiger partial charge in [0, 0.05) is 39.4 Å². The number of rotatable bonds is 9. The van der Waals surface area contributed by atoms with Gasteiger partial charge in [-0.25, -0.2) is 0 Å². The van der Waals surface area contributed by atoms with Crippen molar-refractivity contribution in [2.75, 3.05) is 9.80 Å². The lowest BCUT2D eigenvalue weighted by Crippen LogP contribution is -2.17. The van der Waals surface area contributed by atoms with Gasteiger partial charge in [0.2, 0.25) is 0 Å². The van der Waals surface area contributed by atoms with E-state index in [1.807, 2.05) is 0 Å². The highest BCUT2D eigenvalue weighted by Gasteiger charge is 2.36. The fraction of sp³-hybridized carbons (Fsp3) is 0.0492. The topological polar surface area (TPSA) is 6.48 Å². The second kappa shape index (κ2) is 15.8. The van der Waals surface area contributed by atoms with E-state index < -0.39 is 0 Å². The van der Waals surface area contributed by atoms with Crippen molar-refractivity contribution >= 4 is 44.9 Å². The molecule has 11 rings (SSSR count). The highest BCUT2D eigenvalue weighted by molar-refractivity contribution is 6.05. The molecule has 0 spiro atoms. The van der Waals surface area contributed by atoms with Gasteiger partial charge in [0.1, 0.15) is 0 Å². The van der Waals surface area contributed by atoms with Gasteiger partial charge in [-0.05, 0) is 128 Å². The molecule has 63 heavy (non-hydrogen) atoms. The van der Waals surface area contributed by atoms with Crippen LogP contribution in [0.5, 0.6) is 0 Å². The van der Waals surface area contributed by atoms with Crippen molar-refractivity contribution in [1.29, 1.82) is 0 Å². The van der Waals surface area contributed by atoms with Crippen LogP contribution in [-0.4, -0.2) is 0 Å². The van der Waals surface area contributed by atoms with Crippen molar-refractivity contribution in [3.05, 3.63) is 254 Å². The number of hydrogen-bond acceptors (Lipinski definition) is 2. The van der Waals surface area contributed by atoms with Crippen LogP contribution in [0.3, 0.4) is 0 Å². The molecule has 2 nitrogen and oxygen atoms in total. The van der Waals surface area contributed by atoms with Gasteiger partial charge >= 0.3 is 0 Å². The highest BCUT2D eigenvalue weighted by atomic mass is 15.1. The molecule has 0 amide bonds. The summed E-state index contributed by atoms with van der Waals surface area (Å²) in [4.78, 5) is 4.76. The molecule has 0 saturated carbocycles. The zero-order valence-corrected chi connectivity index (χ0v) is 35.5. The SMILES string of the molecule is CC1(C)c2ccccc2-c2ccc(N(c3ccc(-c4ccc(-c5ccc(N(c6ccccc6)c6ccccc6)cc5)cc4)cc3)c3ccc4ccccc4c3-c3ccccc3)cc21. The van der Waals surface area contributed by atoms with Gasteiger partial charge in [-0.15, -0.1) is 0 Å². The van der Waals surface area contributed by atoms with E-state index in [4.69, 9.17) is 0 Å². The summed E-state index contributed by atoms with van der Waals surface area (Å²) in [6.45, 7) is 4.72. The molecule has 0 aromatic heterocycles. The number of para-hydroxylation sites is 2. The quantitative estimate of drug-likeness (QED) is 0.143. The monoisotopic (exact) mass is 806 g/mol. The summed E-state index contributed by atoms with van der Waals surface area (Å²) in [5.74, 6) is 0. The molecule has 0 saturated heterocycles. The van der Waals surface area contributed by atoms with Crippen molar-refractivity contribution in [3.8, 4) is 44.5 Å². The van der Waals surface area contributed by atoms with Crippen LogP contribution in [-0.2, 0) is 5.41 Å². The predicted molar refractivity (Wildman–Crippen MR) is 267 cm³/mol. The maximum atomic E-state index is 2.46. The lowest BCUT2D eigenvalue weighted by atomic mass is 9.82. The first-order chi connectivity index (χ1) is 31.0. The first-order valence-corrected chi connectivity index (χ1v) is 21.8. The van der Waals surface area contributed by atoms with Crippen LogP contribution in [0.15, 0.2) is 243 Å². The Morgan fingerprint density at radius 1 is 0.302 bits per heavy atom. The number of nitrogens with zero attached hydrogens (tertiary/aromatic N) is 2. The van der Waals surface area contributed by atoms with Crippen molar-refractivity contribution < 1.29 is 0 Å². The molecule has 2 heteroatoms. The normalized spacial score (nSPS) is 12.4. The minimum absolute atomic E-state index is 0.123. The van der Waals surface area contributed by atoms with Crippen molar-refractivity contribution in [2.24, 2.45) is 0 Å². The lowest BCUT2D eigenvalue weighted by Gasteiger charge is -2.30.